The number of benzene rings is 1. The standard InChI is InChI=1S/C18H22N2OS/c1-20(2)10-14-11-4-5-12(8-11)17(14)18-19-15-7-6-13(21-3)9-16(15)22-18/h6-7,9,11-12H,4-5,8,10H2,1-3H3. The summed E-state index contributed by atoms with van der Waals surface area (Å²) in [7, 11) is 6.05. The predicted octanol–water partition coefficient (Wildman–Crippen LogP) is 4.05. The maximum atomic E-state index is 5.34. The quantitative estimate of drug-likeness (QED) is 0.851. The van der Waals surface area contributed by atoms with Gasteiger partial charge in [-0.25, -0.2) is 4.98 Å². The highest BCUT2D eigenvalue weighted by Crippen LogP contribution is 2.53. The van der Waals surface area contributed by atoms with Crippen LogP contribution >= 0.6 is 11.3 Å². The summed E-state index contributed by atoms with van der Waals surface area (Å²) < 4.78 is 6.57. The van der Waals surface area contributed by atoms with Crippen molar-refractivity contribution in [3.63, 3.8) is 0 Å². The van der Waals surface area contributed by atoms with Gasteiger partial charge >= 0.3 is 0 Å². The van der Waals surface area contributed by atoms with E-state index in [1.807, 2.05) is 17.4 Å². The predicted molar refractivity (Wildman–Crippen MR) is 92.5 cm³/mol. The number of likely N-dealkylation sites (N-methyl/N-ethyl adjacent to an activating group) is 1. The monoisotopic (exact) mass is 314 g/mol. The minimum atomic E-state index is 0.738. The molecule has 0 saturated heterocycles. The Bertz CT molecular complexity index is 747. The van der Waals surface area contributed by atoms with Gasteiger partial charge in [0.05, 0.1) is 17.3 Å². The molecule has 0 spiro atoms. The molecule has 116 valence electrons. The smallest absolute Gasteiger partial charge is 0.120 e. The summed E-state index contributed by atoms with van der Waals surface area (Å²) in [6, 6.07) is 6.19. The average molecular weight is 314 g/mol. The molecule has 1 aromatic carbocycles. The van der Waals surface area contributed by atoms with Crippen molar-refractivity contribution in [3.05, 3.63) is 28.8 Å². The number of thiazole rings is 1. The maximum absolute atomic E-state index is 5.34. The molecular formula is C18H22N2OS. The van der Waals surface area contributed by atoms with Crippen LogP contribution in [0.3, 0.4) is 0 Å². The van der Waals surface area contributed by atoms with E-state index in [0.717, 1.165) is 29.6 Å². The number of hydrogen-bond donors (Lipinski definition) is 0. The van der Waals surface area contributed by atoms with Crippen LogP contribution in [0.5, 0.6) is 5.75 Å². The number of rotatable bonds is 4. The van der Waals surface area contributed by atoms with E-state index >= 15 is 0 Å². The van der Waals surface area contributed by atoms with Crippen LogP contribution in [0.15, 0.2) is 23.8 Å². The van der Waals surface area contributed by atoms with Gasteiger partial charge < -0.3 is 9.64 Å². The molecule has 3 nitrogen and oxygen atoms in total. The number of hydrogen-bond acceptors (Lipinski definition) is 4. The molecule has 4 heteroatoms. The van der Waals surface area contributed by atoms with Crippen molar-refractivity contribution in [1.29, 1.82) is 0 Å². The largest absolute Gasteiger partial charge is 0.497 e. The lowest BCUT2D eigenvalue weighted by Crippen LogP contribution is -2.19. The van der Waals surface area contributed by atoms with Gasteiger partial charge in [0.1, 0.15) is 10.8 Å². The van der Waals surface area contributed by atoms with Gasteiger partial charge in [0.25, 0.3) is 0 Å². The minimum absolute atomic E-state index is 0.738. The fourth-order valence-corrected chi connectivity index (χ4v) is 5.21. The summed E-state index contributed by atoms with van der Waals surface area (Å²) in [6.45, 7) is 1.08. The number of ether oxygens (including phenoxy) is 1. The first-order valence-corrected chi connectivity index (χ1v) is 8.80. The van der Waals surface area contributed by atoms with Gasteiger partial charge in [0.15, 0.2) is 0 Å². The Morgan fingerprint density at radius 1 is 1.27 bits per heavy atom. The fraction of sp³-hybridized carbons (Fsp3) is 0.500. The Morgan fingerprint density at radius 2 is 2.09 bits per heavy atom. The lowest BCUT2D eigenvalue weighted by molar-refractivity contribution is 0.415. The summed E-state index contributed by atoms with van der Waals surface area (Å²) in [5.74, 6) is 2.45. The highest BCUT2D eigenvalue weighted by molar-refractivity contribution is 7.19. The first-order valence-electron chi connectivity index (χ1n) is 7.98. The van der Waals surface area contributed by atoms with E-state index in [1.54, 1.807) is 18.3 Å². The summed E-state index contributed by atoms with van der Waals surface area (Å²) >= 11 is 1.83. The highest BCUT2D eigenvalue weighted by atomic mass is 32.1. The second-order valence-corrected chi connectivity index (χ2v) is 7.77. The van der Waals surface area contributed by atoms with E-state index < -0.39 is 0 Å². The molecule has 2 aliphatic carbocycles. The van der Waals surface area contributed by atoms with Crippen LogP contribution in [0.1, 0.15) is 24.3 Å². The second-order valence-electron chi connectivity index (χ2n) is 6.74. The molecule has 4 rings (SSSR count). The van der Waals surface area contributed by atoms with Gasteiger partial charge in [-0.15, -0.1) is 11.3 Å². The van der Waals surface area contributed by atoms with Crippen LogP contribution in [0, 0.1) is 11.8 Å². The highest BCUT2D eigenvalue weighted by Gasteiger charge is 2.40. The normalized spacial score (nSPS) is 24.0. The average Bonchev–Trinajstić information content (AvgIpc) is 3.19. The molecule has 0 N–H and O–H groups in total. The first-order chi connectivity index (χ1) is 10.7. The van der Waals surface area contributed by atoms with Gasteiger partial charge in [-0.1, -0.05) is 0 Å². The van der Waals surface area contributed by atoms with Crippen LogP contribution in [0.2, 0.25) is 0 Å². The molecule has 1 fully saturated rings. The van der Waals surface area contributed by atoms with E-state index in [-0.39, 0.29) is 0 Å². The number of methoxy groups -OCH3 is 1. The van der Waals surface area contributed by atoms with Crippen LogP contribution in [0.4, 0.5) is 0 Å². The molecule has 2 aliphatic rings. The SMILES string of the molecule is COc1ccc2nc(C3=C(CN(C)C)C4CCC3C4)sc2c1. The molecule has 1 saturated carbocycles. The third-order valence-electron chi connectivity index (χ3n) is 4.99. The molecule has 22 heavy (non-hydrogen) atoms. The van der Waals surface area contributed by atoms with Crippen molar-refractivity contribution in [3.8, 4) is 5.75 Å². The molecule has 2 aromatic rings. The molecule has 2 unspecified atom stereocenters. The van der Waals surface area contributed by atoms with Crippen LogP contribution in [-0.2, 0) is 0 Å². The van der Waals surface area contributed by atoms with Crippen molar-refractivity contribution in [1.82, 2.24) is 9.88 Å². The zero-order chi connectivity index (χ0) is 15.3. The van der Waals surface area contributed by atoms with E-state index in [9.17, 15) is 0 Å². The molecule has 0 amide bonds. The van der Waals surface area contributed by atoms with E-state index in [2.05, 4.69) is 31.1 Å². The summed E-state index contributed by atoms with van der Waals surface area (Å²) in [5.41, 5.74) is 4.30. The number of fused-ring (bicyclic) bond motifs is 3. The Morgan fingerprint density at radius 3 is 2.86 bits per heavy atom. The Balaban J connectivity index is 1.80. The van der Waals surface area contributed by atoms with E-state index in [4.69, 9.17) is 9.72 Å². The van der Waals surface area contributed by atoms with E-state index in [0.29, 0.717) is 0 Å². The maximum Gasteiger partial charge on any atom is 0.120 e. The molecule has 2 bridgehead atoms. The van der Waals surface area contributed by atoms with Crippen molar-refractivity contribution < 1.29 is 4.74 Å². The summed E-state index contributed by atoms with van der Waals surface area (Å²) in [5, 5.41) is 1.24. The van der Waals surface area contributed by atoms with Crippen LogP contribution in [-0.4, -0.2) is 37.6 Å². The Labute approximate surface area is 135 Å². The topological polar surface area (TPSA) is 25.4 Å². The second kappa shape index (κ2) is 5.36. The fourth-order valence-electron chi connectivity index (χ4n) is 4.06. The molecular weight excluding hydrogens is 292 g/mol. The minimum Gasteiger partial charge on any atom is -0.497 e. The molecule has 1 aromatic heterocycles. The van der Waals surface area contributed by atoms with Crippen LogP contribution < -0.4 is 4.74 Å². The molecule has 2 atom stereocenters. The Kier molecular flexibility index (Phi) is 3.46. The van der Waals surface area contributed by atoms with Crippen molar-refractivity contribution in [2.45, 2.75) is 19.3 Å². The first kappa shape index (κ1) is 14.2. The van der Waals surface area contributed by atoms with Crippen molar-refractivity contribution in [2.24, 2.45) is 11.8 Å². The van der Waals surface area contributed by atoms with Crippen molar-refractivity contribution >= 4 is 27.1 Å². The summed E-state index contributed by atoms with van der Waals surface area (Å²) in [6.07, 6.45) is 4.06. The van der Waals surface area contributed by atoms with Gasteiger partial charge in [0.2, 0.25) is 0 Å². The van der Waals surface area contributed by atoms with Crippen molar-refractivity contribution in [2.75, 3.05) is 27.7 Å². The molecule has 0 radical (unpaired) electrons. The number of allylic oxidation sites excluding steroid dienone is 1. The lowest BCUT2D eigenvalue weighted by atomic mass is 9.92. The van der Waals surface area contributed by atoms with Gasteiger partial charge in [0, 0.05) is 6.54 Å². The lowest BCUT2D eigenvalue weighted by Gasteiger charge is -2.21. The van der Waals surface area contributed by atoms with Crippen LogP contribution in [0.25, 0.3) is 15.8 Å². The molecule has 0 aliphatic heterocycles. The molecule has 1 heterocycles. The number of nitrogens with zero attached hydrogens (tertiary/aromatic N) is 2. The third kappa shape index (κ3) is 2.25. The van der Waals surface area contributed by atoms with Gasteiger partial charge in [-0.3, -0.25) is 0 Å². The van der Waals surface area contributed by atoms with Gasteiger partial charge in [-0.2, -0.15) is 0 Å². The van der Waals surface area contributed by atoms with E-state index in [1.165, 1.54) is 29.0 Å². The van der Waals surface area contributed by atoms with Gasteiger partial charge in [-0.05, 0) is 74.5 Å². The summed E-state index contributed by atoms with van der Waals surface area (Å²) in [4.78, 5) is 7.23. The number of aromatic nitrogens is 1. The third-order valence-corrected chi connectivity index (χ3v) is 6.04. The Hall–Kier alpha value is -1.39. The zero-order valence-electron chi connectivity index (χ0n) is 13.4. The zero-order valence-corrected chi connectivity index (χ0v) is 14.2.